The molecule has 0 spiro atoms. The number of nitrogens with one attached hydrogen (secondary N) is 1. The van der Waals surface area contributed by atoms with E-state index < -0.39 is 5.82 Å². The van der Waals surface area contributed by atoms with E-state index in [0.29, 0.717) is 12.4 Å². The van der Waals surface area contributed by atoms with Crippen LogP contribution in [-0.4, -0.2) is 15.7 Å². The van der Waals surface area contributed by atoms with Crippen molar-refractivity contribution >= 4 is 39.3 Å². The Hall–Kier alpha value is -2.18. The average Bonchev–Trinajstić information content (AvgIpc) is 3.00. The van der Waals surface area contributed by atoms with Crippen LogP contribution in [0.15, 0.2) is 59.2 Å². The third-order valence-corrected chi connectivity index (χ3v) is 4.51. The second-order valence-corrected chi connectivity index (χ2v) is 6.75. The van der Waals surface area contributed by atoms with Gasteiger partial charge in [-0.25, -0.2) is 9.07 Å². The Morgan fingerprint density at radius 1 is 1.20 bits per heavy atom. The maximum absolute atomic E-state index is 13.8. The molecule has 0 aliphatic carbocycles. The SMILES string of the molecule is O=C(Cc1c(F)cccc1Cl)Nc1ccnn1Cc1ccc(Br)cc1. The Kier molecular flexibility index (Phi) is 5.50. The number of rotatable bonds is 5. The smallest absolute Gasteiger partial charge is 0.230 e. The summed E-state index contributed by atoms with van der Waals surface area (Å²) in [5.74, 6) is -0.309. The molecule has 0 bridgehead atoms. The Balaban J connectivity index is 1.70. The standard InChI is InChI=1S/C18H14BrClFN3O/c19-13-6-4-12(5-7-13)11-24-17(8-9-22-24)23-18(25)10-14-15(20)2-1-3-16(14)21/h1-9H,10-11H2,(H,23,25). The fourth-order valence-corrected chi connectivity index (χ4v) is 2.87. The summed E-state index contributed by atoms with van der Waals surface area (Å²) in [6.45, 7) is 0.510. The molecule has 1 N–H and O–H groups in total. The predicted octanol–water partition coefficient (Wildman–Crippen LogP) is 4.67. The number of aromatic nitrogens is 2. The van der Waals surface area contributed by atoms with Crippen molar-refractivity contribution in [1.82, 2.24) is 9.78 Å². The summed E-state index contributed by atoms with van der Waals surface area (Å²) in [4.78, 5) is 12.2. The van der Waals surface area contributed by atoms with Crippen molar-refractivity contribution in [3.63, 3.8) is 0 Å². The van der Waals surface area contributed by atoms with E-state index in [9.17, 15) is 9.18 Å². The molecule has 4 nitrogen and oxygen atoms in total. The number of nitrogens with zero attached hydrogens (tertiary/aromatic N) is 2. The summed E-state index contributed by atoms with van der Waals surface area (Å²) in [7, 11) is 0. The molecular weight excluding hydrogens is 409 g/mol. The van der Waals surface area contributed by atoms with E-state index in [1.165, 1.54) is 12.1 Å². The molecule has 1 amide bonds. The Bertz CT molecular complexity index is 875. The minimum Gasteiger partial charge on any atom is -0.311 e. The van der Waals surface area contributed by atoms with Crippen LogP contribution in [0.2, 0.25) is 5.02 Å². The second-order valence-electron chi connectivity index (χ2n) is 5.43. The summed E-state index contributed by atoms with van der Waals surface area (Å²) in [5, 5.41) is 7.21. The minimum atomic E-state index is -0.494. The summed E-state index contributed by atoms with van der Waals surface area (Å²) in [6.07, 6.45) is 1.46. The first-order valence-electron chi connectivity index (χ1n) is 7.52. The van der Waals surface area contributed by atoms with E-state index in [1.54, 1.807) is 23.0 Å². The molecule has 0 saturated carbocycles. The molecule has 0 atom stereocenters. The molecule has 0 aliphatic rings. The van der Waals surface area contributed by atoms with Gasteiger partial charge in [0, 0.05) is 21.1 Å². The molecular formula is C18H14BrClFN3O. The fraction of sp³-hybridized carbons (Fsp3) is 0.111. The molecule has 1 aromatic heterocycles. The lowest BCUT2D eigenvalue weighted by molar-refractivity contribution is -0.115. The van der Waals surface area contributed by atoms with Crippen molar-refractivity contribution in [3.05, 3.63) is 81.2 Å². The Morgan fingerprint density at radius 2 is 1.96 bits per heavy atom. The third-order valence-electron chi connectivity index (χ3n) is 3.63. The number of hydrogen-bond acceptors (Lipinski definition) is 2. The van der Waals surface area contributed by atoms with Crippen LogP contribution >= 0.6 is 27.5 Å². The van der Waals surface area contributed by atoms with Gasteiger partial charge in [-0.05, 0) is 29.8 Å². The highest BCUT2D eigenvalue weighted by molar-refractivity contribution is 9.10. The van der Waals surface area contributed by atoms with Crippen molar-refractivity contribution in [3.8, 4) is 0 Å². The molecule has 0 saturated heterocycles. The average molecular weight is 423 g/mol. The largest absolute Gasteiger partial charge is 0.311 e. The van der Waals surface area contributed by atoms with Crippen molar-refractivity contribution < 1.29 is 9.18 Å². The molecule has 7 heteroatoms. The number of anilines is 1. The fourth-order valence-electron chi connectivity index (χ4n) is 2.38. The van der Waals surface area contributed by atoms with Gasteiger partial charge in [-0.2, -0.15) is 5.10 Å². The normalized spacial score (nSPS) is 10.7. The first kappa shape index (κ1) is 17.6. The summed E-state index contributed by atoms with van der Waals surface area (Å²) < 4.78 is 16.5. The van der Waals surface area contributed by atoms with Gasteiger partial charge in [-0.1, -0.05) is 45.7 Å². The van der Waals surface area contributed by atoms with E-state index in [2.05, 4.69) is 26.3 Å². The highest BCUT2D eigenvalue weighted by atomic mass is 79.9. The topological polar surface area (TPSA) is 46.9 Å². The van der Waals surface area contributed by atoms with Crippen LogP contribution < -0.4 is 5.32 Å². The van der Waals surface area contributed by atoms with E-state index in [1.807, 2.05) is 24.3 Å². The van der Waals surface area contributed by atoms with Gasteiger partial charge < -0.3 is 5.32 Å². The van der Waals surface area contributed by atoms with Gasteiger partial charge in [0.05, 0.1) is 19.2 Å². The van der Waals surface area contributed by atoms with Crippen LogP contribution in [0.4, 0.5) is 10.2 Å². The van der Waals surface area contributed by atoms with Crippen LogP contribution in [0.5, 0.6) is 0 Å². The molecule has 25 heavy (non-hydrogen) atoms. The van der Waals surface area contributed by atoms with E-state index in [4.69, 9.17) is 11.6 Å². The van der Waals surface area contributed by atoms with Gasteiger partial charge in [-0.3, -0.25) is 4.79 Å². The maximum atomic E-state index is 13.8. The molecule has 128 valence electrons. The van der Waals surface area contributed by atoms with Gasteiger partial charge in [-0.15, -0.1) is 0 Å². The lowest BCUT2D eigenvalue weighted by atomic mass is 10.1. The summed E-state index contributed by atoms with van der Waals surface area (Å²) in [6, 6.07) is 13.9. The molecule has 1 heterocycles. The zero-order valence-corrected chi connectivity index (χ0v) is 15.4. The molecule has 0 unspecified atom stereocenters. The van der Waals surface area contributed by atoms with Crippen LogP contribution in [0, 0.1) is 5.82 Å². The van der Waals surface area contributed by atoms with Gasteiger partial charge in [0.1, 0.15) is 11.6 Å². The molecule has 0 aliphatic heterocycles. The highest BCUT2D eigenvalue weighted by Crippen LogP contribution is 2.20. The molecule has 0 radical (unpaired) electrons. The second kappa shape index (κ2) is 7.80. The van der Waals surface area contributed by atoms with Crippen molar-refractivity contribution in [1.29, 1.82) is 0 Å². The lowest BCUT2D eigenvalue weighted by Crippen LogP contribution is -2.18. The van der Waals surface area contributed by atoms with Gasteiger partial charge in [0.2, 0.25) is 5.91 Å². The monoisotopic (exact) mass is 421 g/mol. The predicted molar refractivity (Wildman–Crippen MR) is 99.2 cm³/mol. The number of carbonyl (C=O) groups is 1. The molecule has 0 fully saturated rings. The van der Waals surface area contributed by atoms with Crippen LogP contribution in [-0.2, 0) is 17.8 Å². The first-order chi connectivity index (χ1) is 12.0. The highest BCUT2D eigenvalue weighted by Gasteiger charge is 2.13. The van der Waals surface area contributed by atoms with Crippen LogP contribution in [0.1, 0.15) is 11.1 Å². The molecule has 3 rings (SSSR count). The van der Waals surface area contributed by atoms with Crippen LogP contribution in [0.25, 0.3) is 0 Å². The van der Waals surface area contributed by atoms with E-state index >= 15 is 0 Å². The van der Waals surface area contributed by atoms with Crippen LogP contribution in [0.3, 0.4) is 0 Å². The van der Waals surface area contributed by atoms with Gasteiger partial charge in [0.25, 0.3) is 0 Å². The molecule has 2 aromatic carbocycles. The quantitative estimate of drug-likeness (QED) is 0.649. The number of halogens is 3. The first-order valence-corrected chi connectivity index (χ1v) is 8.69. The van der Waals surface area contributed by atoms with E-state index in [0.717, 1.165) is 10.0 Å². The van der Waals surface area contributed by atoms with Gasteiger partial charge in [0.15, 0.2) is 0 Å². The third kappa shape index (κ3) is 4.46. The summed E-state index contributed by atoms with van der Waals surface area (Å²) in [5.41, 5.74) is 1.22. The number of carbonyl (C=O) groups excluding carboxylic acids is 1. The Labute approximate surface area is 157 Å². The van der Waals surface area contributed by atoms with Crippen molar-refractivity contribution in [2.45, 2.75) is 13.0 Å². The zero-order valence-electron chi connectivity index (χ0n) is 13.0. The van der Waals surface area contributed by atoms with Crippen molar-refractivity contribution in [2.24, 2.45) is 0 Å². The van der Waals surface area contributed by atoms with Crippen molar-refractivity contribution in [2.75, 3.05) is 5.32 Å². The summed E-state index contributed by atoms with van der Waals surface area (Å²) >= 11 is 9.36. The Morgan fingerprint density at radius 3 is 2.68 bits per heavy atom. The van der Waals surface area contributed by atoms with Gasteiger partial charge >= 0.3 is 0 Å². The number of amides is 1. The number of benzene rings is 2. The zero-order chi connectivity index (χ0) is 17.8. The number of hydrogen-bond donors (Lipinski definition) is 1. The molecule has 3 aromatic rings. The van der Waals surface area contributed by atoms with E-state index in [-0.39, 0.29) is 22.9 Å². The minimum absolute atomic E-state index is 0.144. The maximum Gasteiger partial charge on any atom is 0.230 e. The lowest BCUT2D eigenvalue weighted by Gasteiger charge is -2.10.